The van der Waals surface area contributed by atoms with Crippen LogP contribution in [0.4, 0.5) is 4.39 Å². The first kappa shape index (κ1) is 30.1. The number of benzene rings is 2. The Morgan fingerprint density at radius 2 is 1.80 bits per heavy atom. The molecular formula is C29H33FN4O6S. The van der Waals surface area contributed by atoms with Crippen LogP contribution in [-0.2, 0) is 36.4 Å². The van der Waals surface area contributed by atoms with Gasteiger partial charge in [0, 0.05) is 19.8 Å². The SMILES string of the molecule is Cc1ccc(OC2(c3ccc(F)cc3)CN(S(=O)(=O)c3cccc(C[C@H](N)C(=O)OC(C)C(=O)N(C)C)c3)C2)cn1. The minimum atomic E-state index is -3.95. The van der Waals surface area contributed by atoms with Crippen LogP contribution in [0, 0.1) is 12.7 Å². The third-order valence-corrected chi connectivity index (χ3v) is 8.60. The molecule has 0 radical (unpaired) electrons. The molecule has 0 saturated carbocycles. The summed E-state index contributed by atoms with van der Waals surface area (Å²) >= 11 is 0. The van der Waals surface area contributed by atoms with E-state index in [4.69, 9.17) is 15.2 Å². The number of pyridine rings is 1. The highest BCUT2D eigenvalue weighted by Crippen LogP contribution is 2.40. The first-order valence-electron chi connectivity index (χ1n) is 12.9. The number of esters is 1. The zero-order chi connectivity index (χ0) is 29.9. The van der Waals surface area contributed by atoms with Crippen LogP contribution in [0.25, 0.3) is 0 Å². The minimum Gasteiger partial charge on any atom is -0.478 e. The summed E-state index contributed by atoms with van der Waals surface area (Å²) in [6.07, 6.45) is 0.571. The number of hydrogen-bond donors (Lipinski definition) is 1. The van der Waals surface area contributed by atoms with E-state index < -0.39 is 39.6 Å². The fraction of sp³-hybridized carbons (Fsp3) is 0.345. The van der Waals surface area contributed by atoms with E-state index in [1.807, 2.05) is 6.92 Å². The van der Waals surface area contributed by atoms with Gasteiger partial charge >= 0.3 is 5.97 Å². The number of halogens is 1. The van der Waals surface area contributed by atoms with E-state index in [9.17, 15) is 22.4 Å². The van der Waals surface area contributed by atoms with E-state index in [1.54, 1.807) is 56.7 Å². The zero-order valence-electron chi connectivity index (χ0n) is 23.3. The Morgan fingerprint density at radius 3 is 2.41 bits per heavy atom. The second-order valence-corrected chi connectivity index (χ2v) is 12.2. The predicted octanol–water partition coefficient (Wildman–Crippen LogP) is 2.40. The van der Waals surface area contributed by atoms with Gasteiger partial charge in [-0.2, -0.15) is 4.31 Å². The Labute approximate surface area is 238 Å². The van der Waals surface area contributed by atoms with Crippen LogP contribution in [0.3, 0.4) is 0 Å². The smallest absolute Gasteiger partial charge is 0.324 e. The van der Waals surface area contributed by atoms with Gasteiger partial charge in [-0.1, -0.05) is 24.3 Å². The van der Waals surface area contributed by atoms with Gasteiger partial charge in [-0.05, 0) is 67.8 Å². The maximum atomic E-state index is 13.7. The van der Waals surface area contributed by atoms with Gasteiger partial charge in [0.05, 0.1) is 24.2 Å². The summed E-state index contributed by atoms with van der Waals surface area (Å²) in [7, 11) is -0.855. The zero-order valence-corrected chi connectivity index (χ0v) is 24.1. The van der Waals surface area contributed by atoms with E-state index in [0.717, 1.165) is 5.69 Å². The molecule has 0 spiro atoms. The first-order valence-corrected chi connectivity index (χ1v) is 14.4. The summed E-state index contributed by atoms with van der Waals surface area (Å²) in [4.78, 5) is 30.0. The molecular weight excluding hydrogens is 551 g/mol. The Balaban J connectivity index is 1.49. The molecule has 3 aromatic rings. The predicted molar refractivity (Wildman–Crippen MR) is 149 cm³/mol. The Bertz CT molecular complexity index is 1510. The lowest BCUT2D eigenvalue weighted by atomic mass is 9.87. The number of nitrogens with zero attached hydrogens (tertiary/aromatic N) is 3. The van der Waals surface area contributed by atoms with Gasteiger partial charge in [0.25, 0.3) is 5.91 Å². The fourth-order valence-electron chi connectivity index (χ4n) is 4.49. The lowest BCUT2D eigenvalue weighted by Crippen LogP contribution is -2.64. The van der Waals surface area contributed by atoms with Crippen molar-refractivity contribution in [1.29, 1.82) is 0 Å². The number of amides is 1. The van der Waals surface area contributed by atoms with Crippen LogP contribution in [0.2, 0.25) is 0 Å². The minimum absolute atomic E-state index is 0.00806. The molecule has 1 unspecified atom stereocenters. The largest absolute Gasteiger partial charge is 0.478 e. The van der Waals surface area contributed by atoms with Gasteiger partial charge in [-0.25, -0.2) is 12.8 Å². The van der Waals surface area contributed by atoms with E-state index in [-0.39, 0.29) is 30.3 Å². The molecule has 2 heterocycles. The molecule has 0 aliphatic carbocycles. The molecule has 1 aromatic heterocycles. The quantitative estimate of drug-likeness (QED) is 0.360. The summed E-state index contributed by atoms with van der Waals surface area (Å²) < 4.78 is 53.5. The molecule has 1 amide bonds. The maximum Gasteiger partial charge on any atom is 0.324 e. The van der Waals surface area contributed by atoms with Crippen molar-refractivity contribution in [3.05, 3.63) is 89.5 Å². The van der Waals surface area contributed by atoms with Crippen molar-refractivity contribution in [3.8, 4) is 5.75 Å². The number of carbonyl (C=O) groups excluding carboxylic acids is 2. The Hall–Kier alpha value is -3.87. The van der Waals surface area contributed by atoms with Crippen LogP contribution in [-0.4, -0.2) is 73.8 Å². The van der Waals surface area contributed by atoms with Crippen molar-refractivity contribution in [1.82, 2.24) is 14.2 Å². The molecule has 10 nitrogen and oxygen atoms in total. The average molecular weight is 585 g/mol. The Kier molecular flexibility index (Phi) is 8.76. The molecule has 2 aromatic carbocycles. The normalized spacial score (nSPS) is 16.2. The molecule has 218 valence electrons. The molecule has 12 heteroatoms. The first-order chi connectivity index (χ1) is 19.3. The monoisotopic (exact) mass is 584 g/mol. The van der Waals surface area contributed by atoms with Crippen molar-refractivity contribution in [2.24, 2.45) is 5.73 Å². The number of ether oxygens (including phenoxy) is 2. The highest BCUT2D eigenvalue weighted by atomic mass is 32.2. The van der Waals surface area contributed by atoms with Crippen LogP contribution in [0.15, 0.2) is 71.8 Å². The summed E-state index contributed by atoms with van der Waals surface area (Å²) in [5.41, 5.74) is 6.92. The van der Waals surface area contributed by atoms with Gasteiger partial charge in [0.15, 0.2) is 11.7 Å². The van der Waals surface area contributed by atoms with Crippen molar-refractivity contribution in [2.75, 3.05) is 27.2 Å². The van der Waals surface area contributed by atoms with Gasteiger partial charge in [0.1, 0.15) is 17.6 Å². The summed E-state index contributed by atoms with van der Waals surface area (Å²) in [6.45, 7) is 3.28. The summed E-state index contributed by atoms with van der Waals surface area (Å²) in [5.74, 6) is -1.10. The van der Waals surface area contributed by atoms with Crippen molar-refractivity contribution >= 4 is 21.9 Å². The number of nitrogens with two attached hydrogens (primary N) is 1. The second-order valence-electron chi connectivity index (χ2n) is 10.3. The number of aromatic nitrogens is 1. The molecule has 1 aliphatic heterocycles. The summed E-state index contributed by atoms with van der Waals surface area (Å²) in [6, 6.07) is 14.4. The van der Waals surface area contributed by atoms with E-state index in [1.165, 1.54) is 40.4 Å². The Morgan fingerprint density at radius 1 is 1.12 bits per heavy atom. The summed E-state index contributed by atoms with van der Waals surface area (Å²) in [5, 5.41) is 0. The topological polar surface area (TPSA) is 132 Å². The van der Waals surface area contributed by atoms with Crippen LogP contribution in [0.1, 0.15) is 23.7 Å². The lowest BCUT2D eigenvalue weighted by Gasteiger charge is -2.48. The number of hydrogen-bond acceptors (Lipinski definition) is 8. The third-order valence-electron chi connectivity index (χ3n) is 6.81. The number of rotatable bonds is 10. The maximum absolute atomic E-state index is 13.7. The molecule has 4 rings (SSSR count). The molecule has 1 aliphatic rings. The second kappa shape index (κ2) is 11.9. The average Bonchev–Trinajstić information content (AvgIpc) is 2.91. The van der Waals surface area contributed by atoms with Crippen molar-refractivity contribution in [2.45, 2.75) is 42.9 Å². The number of sulfonamides is 1. The molecule has 1 saturated heterocycles. The molecule has 2 atom stereocenters. The number of carbonyl (C=O) groups is 2. The molecule has 41 heavy (non-hydrogen) atoms. The number of aryl methyl sites for hydroxylation is 1. The molecule has 0 bridgehead atoms. The van der Waals surface area contributed by atoms with Crippen molar-refractivity contribution in [3.63, 3.8) is 0 Å². The van der Waals surface area contributed by atoms with Gasteiger partial charge in [-0.15, -0.1) is 0 Å². The van der Waals surface area contributed by atoms with Crippen LogP contribution >= 0.6 is 0 Å². The third kappa shape index (κ3) is 6.72. The molecule has 1 fully saturated rings. The highest BCUT2D eigenvalue weighted by molar-refractivity contribution is 7.89. The molecule has 2 N–H and O–H groups in total. The lowest BCUT2D eigenvalue weighted by molar-refractivity contribution is -0.159. The van der Waals surface area contributed by atoms with Gasteiger partial charge in [-0.3, -0.25) is 14.6 Å². The van der Waals surface area contributed by atoms with E-state index in [2.05, 4.69) is 4.98 Å². The highest BCUT2D eigenvalue weighted by Gasteiger charge is 2.52. The van der Waals surface area contributed by atoms with E-state index in [0.29, 0.717) is 16.9 Å². The van der Waals surface area contributed by atoms with E-state index >= 15 is 0 Å². The van der Waals surface area contributed by atoms with Gasteiger partial charge in [0.2, 0.25) is 10.0 Å². The fourth-order valence-corrected chi connectivity index (χ4v) is 6.09. The van der Waals surface area contributed by atoms with Crippen LogP contribution < -0.4 is 10.5 Å². The standard InChI is InChI=1S/C29H33FN4O6S/c1-19-8-13-24(16-32-19)40-29(22-9-11-23(30)12-10-22)17-34(18-29)41(37,38)25-7-5-6-21(14-25)15-26(31)28(36)39-20(2)27(35)33(3)4/h5-14,16,20,26H,15,17-18,31H2,1-4H3/t20?,26-/m0/s1. The van der Waals surface area contributed by atoms with Crippen molar-refractivity contribution < 1.29 is 31.9 Å². The van der Waals surface area contributed by atoms with Gasteiger partial charge < -0.3 is 20.1 Å². The number of likely N-dealkylation sites (N-methyl/N-ethyl adjacent to an activating group) is 1. The van der Waals surface area contributed by atoms with Crippen LogP contribution in [0.5, 0.6) is 5.75 Å².